The van der Waals surface area contributed by atoms with Gasteiger partial charge in [-0.15, -0.1) is 6.58 Å². The molecule has 3 heteroatoms. The Morgan fingerprint density at radius 1 is 1.30 bits per heavy atom. The fourth-order valence-corrected chi connectivity index (χ4v) is 2.73. The molecular weight excluding hydrogens is 246 g/mol. The summed E-state index contributed by atoms with van der Waals surface area (Å²) in [5.74, 6) is 0. The molecule has 0 aliphatic carbocycles. The summed E-state index contributed by atoms with van der Waals surface area (Å²) in [5, 5.41) is 9.40. The van der Waals surface area contributed by atoms with E-state index in [4.69, 9.17) is 5.10 Å². The van der Waals surface area contributed by atoms with Gasteiger partial charge < -0.3 is 5.32 Å². The molecule has 0 fully saturated rings. The van der Waals surface area contributed by atoms with Crippen molar-refractivity contribution in [1.82, 2.24) is 15.1 Å². The van der Waals surface area contributed by atoms with Gasteiger partial charge in [0.15, 0.2) is 0 Å². The Morgan fingerprint density at radius 2 is 2.10 bits per heavy atom. The zero-order valence-corrected chi connectivity index (χ0v) is 12.6. The Morgan fingerprint density at radius 3 is 2.85 bits per heavy atom. The van der Waals surface area contributed by atoms with Gasteiger partial charge in [-0.1, -0.05) is 37.1 Å². The highest BCUT2D eigenvalue weighted by Crippen LogP contribution is 2.26. The van der Waals surface area contributed by atoms with E-state index in [0.717, 1.165) is 12.8 Å². The molecule has 108 valence electrons. The monoisotopic (exact) mass is 271 g/mol. The van der Waals surface area contributed by atoms with Crippen molar-refractivity contribution in [2.75, 3.05) is 7.05 Å². The van der Waals surface area contributed by atoms with Gasteiger partial charge in [0, 0.05) is 12.4 Å². The second kappa shape index (κ2) is 7.25. The first-order chi connectivity index (χ1) is 9.77. The van der Waals surface area contributed by atoms with Gasteiger partial charge in [0.05, 0.1) is 17.3 Å². The molecule has 1 aromatic heterocycles. The minimum absolute atomic E-state index is 0.338. The summed E-state index contributed by atoms with van der Waals surface area (Å²) in [5.41, 5.74) is 2.38. The van der Waals surface area contributed by atoms with Gasteiger partial charge in [-0.3, -0.25) is 4.68 Å². The molecule has 0 saturated heterocycles. The highest BCUT2D eigenvalue weighted by molar-refractivity contribution is 5.82. The van der Waals surface area contributed by atoms with Crippen LogP contribution in [0.5, 0.6) is 0 Å². The molecule has 2 aromatic rings. The van der Waals surface area contributed by atoms with Crippen LogP contribution >= 0.6 is 0 Å². The molecule has 1 unspecified atom stereocenters. The van der Waals surface area contributed by atoms with E-state index in [1.165, 1.54) is 35.9 Å². The molecule has 0 spiro atoms. The summed E-state index contributed by atoms with van der Waals surface area (Å²) in [6.45, 7) is 3.77. The van der Waals surface area contributed by atoms with Crippen molar-refractivity contribution in [2.45, 2.75) is 38.1 Å². The molecule has 20 heavy (non-hydrogen) atoms. The minimum Gasteiger partial charge on any atom is -0.312 e. The van der Waals surface area contributed by atoms with Gasteiger partial charge in [-0.05, 0) is 32.4 Å². The van der Waals surface area contributed by atoms with E-state index >= 15 is 0 Å². The lowest BCUT2D eigenvalue weighted by Crippen LogP contribution is -2.17. The lowest BCUT2D eigenvalue weighted by atomic mass is 10.0. The van der Waals surface area contributed by atoms with Crippen molar-refractivity contribution < 1.29 is 0 Å². The normalized spacial score (nSPS) is 12.7. The molecule has 3 nitrogen and oxygen atoms in total. The third-order valence-corrected chi connectivity index (χ3v) is 3.87. The van der Waals surface area contributed by atoms with Crippen LogP contribution in [0.15, 0.2) is 36.9 Å². The maximum absolute atomic E-state index is 4.71. The molecule has 0 bridgehead atoms. The van der Waals surface area contributed by atoms with E-state index in [-0.39, 0.29) is 0 Å². The highest BCUT2D eigenvalue weighted by Gasteiger charge is 2.16. The van der Waals surface area contributed by atoms with Gasteiger partial charge in [0.25, 0.3) is 0 Å². The molecule has 0 aliphatic heterocycles. The number of hydrogen-bond donors (Lipinski definition) is 1. The quantitative estimate of drug-likeness (QED) is 0.581. The van der Waals surface area contributed by atoms with Gasteiger partial charge in [0.1, 0.15) is 0 Å². The van der Waals surface area contributed by atoms with Gasteiger partial charge in [-0.2, -0.15) is 5.10 Å². The summed E-state index contributed by atoms with van der Waals surface area (Å²) in [6, 6.07) is 8.79. The lowest BCUT2D eigenvalue weighted by molar-refractivity contribution is 0.495. The number of aryl methyl sites for hydroxylation is 1. The van der Waals surface area contributed by atoms with E-state index in [0.29, 0.717) is 6.04 Å². The SMILES string of the molecule is C=CCCCCCC(NC)c1nn(C)c2ccccc12. The fraction of sp³-hybridized carbons (Fsp3) is 0.471. The molecule has 1 aromatic carbocycles. The van der Waals surface area contributed by atoms with E-state index in [1.807, 2.05) is 24.9 Å². The van der Waals surface area contributed by atoms with Crippen molar-refractivity contribution in [3.8, 4) is 0 Å². The van der Waals surface area contributed by atoms with Crippen LogP contribution < -0.4 is 5.32 Å². The molecule has 0 saturated carbocycles. The summed E-state index contributed by atoms with van der Waals surface area (Å²) in [6.07, 6.45) is 7.98. The largest absolute Gasteiger partial charge is 0.312 e. The van der Waals surface area contributed by atoms with Crippen molar-refractivity contribution in [3.05, 3.63) is 42.6 Å². The van der Waals surface area contributed by atoms with E-state index in [2.05, 4.69) is 36.2 Å². The van der Waals surface area contributed by atoms with Crippen LogP contribution in [0, 0.1) is 0 Å². The van der Waals surface area contributed by atoms with E-state index in [9.17, 15) is 0 Å². The Balaban J connectivity index is 2.07. The number of hydrogen-bond acceptors (Lipinski definition) is 2. The van der Waals surface area contributed by atoms with Crippen LogP contribution in [-0.4, -0.2) is 16.8 Å². The summed E-state index contributed by atoms with van der Waals surface area (Å²) in [7, 11) is 4.04. The highest BCUT2D eigenvalue weighted by atomic mass is 15.3. The molecule has 2 rings (SSSR count). The molecule has 1 heterocycles. The predicted molar refractivity (Wildman–Crippen MR) is 85.8 cm³/mol. The van der Waals surface area contributed by atoms with Gasteiger partial charge >= 0.3 is 0 Å². The molecule has 1 N–H and O–H groups in total. The zero-order chi connectivity index (χ0) is 14.4. The first-order valence-electron chi connectivity index (χ1n) is 7.47. The number of allylic oxidation sites excluding steroid dienone is 1. The second-order valence-electron chi connectivity index (χ2n) is 5.29. The number of fused-ring (bicyclic) bond motifs is 1. The fourth-order valence-electron chi connectivity index (χ4n) is 2.73. The second-order valence-corrected chi connectivity index (χ2v) is 5.29. The van der Waals surface area contributed by atoms with Crippen LogP contribution in [0.3, 0.4) is 0 Å². The maximum atomic E-state index is 4.71. The Labute approximate surface area is 121 Å². The topological polar surface area (TPSA) is 29.9 Å². The molecular formula is C17H25N3. The average molecular weight is 271 g/mol. The summed E-state index contributed by atoms with van der Waals surface area (Å²) >= 11 is 0. The van der Waals surface area contributed by atoms with Crippen molar-refractivity contribution in [2.24, 2.45) is 7.05 Å². The minimum atomic E-state index is 0.338. The van der Waals surface area contributed by atoms with E-state index < -0.39 is 0 Å². The first kappa shape index (κ1) is 14.8. The smallest absolute Gasteiger partial charge is 0.0872 e. The van der Waals surface area contributed by atoms with Crippen molar-refractivity contribution in [3.63, 3.8) is 0 Å². The average Bonchev–Trinajstić information content (AvgIpc) is 2.81. The number of para-hydroxylation sites is 1. The summed E-state index contributed by atoms with van der Waals surface area (Å²) in [4.78, 5) is 0. The summed E-state index contributed by atoms with van der Waals surface area (Å²) < 4.78 is 1.98. The number of unbranched alkanes of at least 4 members (excludes halogenated alkanes) is 3. The Bertz CT molecular complexity index is 556. The number of nitrogens with zero attached hydrogens (tertiary/aromatic N) is 2. The number of rotatable bonds is 8. The van der Waals surface area contributed by atoms with Crippen molar-refractivity contribution in [1.29, 1.82) is 0 Å². The first-order valence-corrected chi connectivity index (χ1v) is 7.47. The van der Waals surface area contributed by atoms with Crippen molar-refractivity contribution >= 4 is 10.9 Å². The van der Waals surface area contributed by atoms with Gasteiger partial charge in [-0.25, -0.2) is 0 Å². The molecule has 0 amide bonds. The maximum Gasteiger partial charge on any atom is 0.0872 e. The van der Waals surface area contributed by atoms with Crippen LogP contribution in [0.25, 0.3) is 10.9 Å². The van der Waals surface area contributed by atoms with Crippen LogP contribution in [0.4, 0.5) is 0 Å². The zero-order valence-electron chi connectivity index (χ0n) is 12.6. The predicted octanol–water partition coefficient (Wildman–Crippen LogP) is 3.97. The Hall–Kier alpha value is -1.61. The number of benzene rings is 1. The molecule has 0 aliphatic rings. The lowest BCUT2D eigenvalue weighted by Gasteiger charge is -2.14. The van der Waals surface area contributed by atoms with Crippen LogP contribution in [0.1, 0.15) is 43.8 Å². The number of aromatic nitrogens is 2. The third kappa shape index (κ3) is 3.28. The standard InChI is InChI=1S/C17H25N3/c1-4-5-6-7-8-12-15(18-2)17-14-11-9-10-13-16(14)20(3)19-17/h4,9-11,13,15,18H,1,5-8,12H2,2-3H3. The third-order valence-electron chi connectivity index (χ3n) is 3.87. The van der Waals surface area contributed by atoms with Crippen LogP contribution in [0.2, 0.25) is 0 Å². The van der Waals surface area contributed by atoms with Gasteiger partial charge in [0.2, 0.25) is 0 Å². The van der Waals surface area contributed by atoms with E-state index in [1.54, 1.807) is 0 Å². The number of nitrogens with one attached hydrogen (secondary N) is 1. The molecule has 0 radical (unpaired) electrons. The Kier molecular flexibility index (Phi) is 5.36. The molecule has 1 atom stereocenters. The van der Waals surface area contributed by atoms with Crippen LogP contribution in [-0.2, 0) is 7.05 Å².